The Kier molecular flexibility index (Phi) is 4.71. The smallest absolute Gasteiger partial charge is 0.310 e. The summed E-state index contributed by atoms with van der Waals surface area (Å²) in [7, 11) is 0. The van der Waals surface area contributed by atoms with Crippen molar-refractivity contribution in [3.8, 4) is 0 Å². The molecule has 0 aromatic heterocycles. The van der Waals surface area contributed by atoms with Crippen LogP contribution in [0.3, 0.4) is 0 Å². The first kappa shape index (κ1) is 18.7. The zero-order chi connectivity index (χ0) is 19.2. The molecule has 2 heterocycles. The van der Waals surface area contributed by atoms with Crippen LogP contribution in [0.5, 0.6) is 0 Å². The van der Waals surface area contributed by atoms with Gasteiger partial charge in [0.15, 0.2) is 0 Å². The SMILES string of the molecule is CC(C)(C)OC(=O)C1CC2CC1C(=O)O2.O=C(O)C1CC2CC1C(=O)O2. The first-order chi connectivity index (χ1) is 12.0. The molecule has 2 aliphatic carbocycles. The van der Waals surface area contributed by atoms with Gasteiger partial charge >= 0.3 is 23.9 Å². The molecule has 0 radical (unpaired) electrons. The van der Waals surface area contributed by atoms with Gasteiger partial charge in [-0.05, 0) is 46.5 Å². The highest BCUT2D eigenvalue weighted by molar-refractivity contribution is 5.85. The molecule has 2 saturated heterocycles. The number of carbonyl (C=O) groups excluding carboxylic acids is 3. The third-order valence-electron chi connectivity index (χ3n) is 5.24. The zero-order valence-electron chi connectivity index (χ0n) is 15.1. The van der Waals surface area contributed by atoms with Crippen molar-refractivity contribution in [3.63, 3.8) is 0 Å². The van der Waals surface area contributed by atoms with Gasteiger partial charge in [0, 0.05) is 0 Å². The summed E-state index contributed by atoms with van der Waals surface area (Å²) in [5, 5.41) is 8.65. The minimum Gasteiger partial charge on any atom is -0.481 e. The molecule has 4 bridgehead atoms. The highest BCUT2D eigenvalue weighted by Crippen LogP contribution is 2.42. The van der Waals surface area contributed by atoms with Gasteiger partial charge in [-0.25, -0.2) is 0 Å². The largest absolute Gasteiger partial charge is 0.481 e. The van der Waals surface area contributed by atoms with Crippen molar-refractivity contribution in [3.05, 3.63) is 0 Å². The lowest BCUT2D eigenvalue weighted by molar-refractivity contribution is -0.169. The summed E-state index contributed by atoms with van der Waals surface area (Å²) < 4.78 is 15.1. The second-order valence-corrected chi connectivity index (χ2v) is 8.36. The van der Waals surface area contributed by atoms with Gasteiger partial charge in [0.25, 0.3) is 0 Å². The maximum atomic E-state index is 11.8. The number of carbonyl (C=O) groups is 4. The Morgan fingerprint density at radius 2 is 1.38 bits per heavy atom. The van der Waals surface area contributed by atoms with E-state index in [0.717, 1.165) is 0 Å². The Bertz CT molecular complexity index is 634. The molecule has 8 heteroatoms. The molecular formula is C18H24O8. The molecule has 0 aromatic rings. The summed E-state index contributed by atoms with van der Waals surface area (Å²) in [5.74, 6) is -3.07. The summed E-state index contributed by atoms with van der Waals surface area (Å²) in [6.07, 6.45) is 2.25. The van der Waals surface area contributed by atoms with Crippen LogP contribution in [0.1, 0.15) is 46.5 Å². The number of carboxylic acids is 1. The summed E-state index contributed by atoms with van der Waals surface area (Å²) in [4.78, 5) is 44.4. The van der Waals surface area contributed by atoms with Gasteiger partial charge in [-0.2, -0.15) is 0 Å². The van der Waals surface area contributed by atoms with Crippen molar-refractivity contribution in [2.75, 3.05) is 0 Å². The van der Waals surface area contributed by atoms with Crippen LogP contribution in [0.15, 0.2) is 0 Å². The lowest BCUT2D eigenvalue weighted by Gasteiger charge is -2.25. The highest BCUT2D eigenvalue weighted by Gasteiger charge is 2.52. The molecular weight excluding hydrogens is 344 g/mol. The average molecular weight is 368 g/mol. The second-order valence-electron chi connectivity index (χ2n) is 8.36. The summed E-state index contributed by atoms with van der Waals surface area (Å²) >= 11 is 0. The predicted molar refractivity (Wildman–Crippen MR) is 85.7 cm³/mol. The van der Waals surface area contributed by atoms with Gasteiger partial charge in [-0.1, -0.05) is 0 Å². The van der Waals surface area contributed by atoms with Crippen molar-refractivity contribution in [1.29, 1.82) is 0 Å². The molecule has 4 aliphatic rings. The highest BCUT2D eigenvalue weighted by atomic mass is 16.6. The number of hydrogen-bond donors (Lipinski definition) is 1. The Hall–Kier alpha value is -2.12. The Labute approximate surface area is 151 Å². The summed E-state index contributed by atoms with van der Waals surface area (Å²) in [5.41, 5.74) is -0.483. The summed E-state index contributed by atoms with van der Waals surface area (Å²) in [6, 6.07) is 0. The van der Waals surface area contributed by atoms with Crippen molar-refractivity contribution in [2.45, 2.75) is 64.3 Å². The van der Waals surface area contributed by atoms with Crippen LogP contribution in [0.2, 0.25) is 0 Å². The van der Waals surface area contributed by atoms with Gasteiger partial charge < -0.3 is 19.3 Å². The maximum Gasteiger partial charge on any atom is 0.310 e. The van der Waals surface area contributed by atoms with Crippen LogP contribution in [-0.4, -0.2) is 46.8 Å². The third-order valence-corrected chi connectivity index (χ3v) is 5.24. The molecule has 6 unspecified atom stereocenters. The monoisotopic (exact) mass is 368 g/mol. The second kappa shape index (κ2) is 6.55. The van der Waals surface area contributed by atoms with Crippen LogP contribution in [-0.2, 0) is 33.4 Å². The number of ether oxygens (including phenoxy) is 3. The molecule has 144 valence electrons. The molecule has 0 amide bonds. The zero-order valence-corrected chi connectivity index (χ0v) is 15.1. The first-order valence-electron chi connectivity index (χ1n) is 8.92. The Morgan fingerprint density at radius 3 is 1.73 bits per heavy atom. The van der Waals surface area contributed by atoms with E-state index in [1.165, 1.54) is 0 Å². The molecule has 26 heavy (non-hydrogen) atoms. The normalized spacial score (nSPS) is 36.9. The van der Waals surface area contributed by atoms with Crippen LogP contribution in [0.4, 0.5) is 0 Å². The molecule has 4 rings (SSSR count). The topological polar surface area (TPSA) is 116 Å². The van der Waals surface area contributed by atoms with E-state index in [0.29, 0.717) is 25.7 Å². The van der Waals surface area contributed by atoms with Crippen LogP contribution < -0.4 is 0 Å². The number of aliphatic carboxylic acids is 1. The first-order valence-corrected chi connectivity index (χ1v) is 8.92. The maximum absolute atomic E-state index is 11.8. The van der Waals surface area contributed by atoms with E-state index in [2.05, 4.69) is 0 Å². The third kappa shape index (κ3) is 3.68. The van der Waals surface area contributed by atoms with E-state index >= 15 is 0 Å². The van der Waals surface area contributed by atoms with Crippen molar-refractivity contribution >= 4 is 23.9 Å². The number of hydrogen-bond acceptors (Lipinski definition) is 7. The van der Waals surface area contributed by atoms with Crippen molar-refractivity contribution < 1.29 is 38.5 Å². The average Bonchev–Trinajstić information content (AvgIpc) is 3.23. The molecule has 8 nitrogen and oxygen atoms in total. The van der Waals surface area contributed by atoms with E-state index in [9.17, 15) is 19.2 Å². The van der Waals surface area contributed by atoms with Gasteiger partial charge in [-0.3, -0.25) is 19.2 Å². The van der Waals surface area contributed by atoms with Crippen LogP contribution in [0, 0.1) is 23.7 Å². The van der Waals surface area contributed by atoms with E-state index in [4.69, 9.17) is 19.3 Å². The molecule has 2 aliphatic heterocycles. The minimum atomic E-state index is -0.867. The van der Waals surface area contributed by atoms with Crippen molar-refractivity contribution in [1.82, 2.24) is 0 Å². The fraction of sp³-hybridized carbons (Fsp3) is 0.778. The quantitative estimate of drug-likeness (QED) is 0.573. The number of carboxylic acid groups (broad SMARTS) is 1. The number of fused-ring (bicyclic) bond motifs is 4. The lowest BCUT2D eigenvalue weighted by Crippen LogP contribution is -2.34. The fourth-order valence-corrected chi connectivity index (χ4v) is 4.11. The fourth-order valence-electron chi connectivity index (χ4n) is 4.11. The van der Waals surface area contributed by atoms with Gasteiger partial charge in [0.1, 0.15) is 17.8 Å². The van der Waals surface area contributed by atoms with E-state index in [1.54, 1.807) is 0 Å². The van der Waals surface area contributed by atoms with Gasteiger partial charge in [0.05, 0.1) is 23.7 Å². The number of rotatable bonds is 2. The molecule has 0 aromatic carbocycles. The Morgan fingerprint density at radius 1 is 0.923 bits per heavy atom. The van der Waals surface area contributed by atoms with Crippen molar-refractivity contribution in [2.24, 2.45) is 23.7 Å². The standard InChI is InChI=1S/C11H16O4.C7H8O4/c1-11(2,3)15-10(13)8-5-6-4-7(8)9(12)14-6;8-6(9)4-1-3-2-5(4)7(10)11-3/h6-8H,4-5H2,1-3H3;3-5H,1-2H2,(H,8,9). The Balaban J connectivity index is 0.000000158. The predicted octanol–water partition coefficient (Wildman–Crippen LogP) is 1.30. The molecule has 6 atom stereocenters. The lowest BCUT2D eigenvalue weighted by atomic mass is 9.96. The molecule has 1 N–H and O–H groups in total. The molecule has 4 fully saturated rings. The molecule has 2 saturated carbocycles. The van der Waals surface area contributed by atoms with E-state index in [1.807, 2.05) is 20.8 Å². The van der Waals surface area contributed by atoms with Gasteiger partial charge in [0.2, 0.25) is 0 Å². The molecule has 0 spiro atoms. The van der Waals surface area contributed by atoms with E-state index in [-0.39, 0.29) is 47.9 Å². The van der Waals surface area contributed by atoms with Crippen LogP contribution in [0.25, 0.3) is 0 Å². The summed E-state index contributed by atoms with van der Waals surface area (Å²) in [6.45, 7) is 5.49. The van der Waals surface area contributed by atoms with Crippen LogP contribution >= 0.6 is 0 Å². The van der Waals surface area contributed by atoms with Gasteiger partial charge in [-0.15, -0.1) is 0 Å². The number of esters is 3. The minimum absolute atomic E-state index is 0.0555. The van der Waals surface area contributed by atoms with E-state index < -0.39 is 17.5 Å².